The molecule has 14 heavy (non-hydrogen) atoms. The van der Waals surface area contributed by atoms with Crippen molar-refractivity contribution in [1.82, 2.24) is 10.2 Å². The summed E-state index contributed by atoms with van der Waals surface area (Å²) in [5.74, 6) is -0.518. The lowest BCUT2D eigenvalue weighted by Gasteiger charge is -2.22. The van der Waals surface area contributed by atoms with E-state index < -0.39 is 0 Å². The quantitative estimate of drug-likeness (QED) is 0.607. The lowest BCUT2D eigenvalue weighted by atomic mass is 10.1. The van der Waals surface area contributed by atoms with Crippen LogP contribution in [0.25, 0.3) is 0 Å². The van der Waals surface area contributed by atoms with Crippen LogP contribution in [0.15, 0.2) is 0 Å². The van der Waals surface area contributed by atoms with Crippen molar-refractivity contribution in [3.05, 3.63) is 0 Å². The Morgan fingerprint density at radius 3 is 3.00 bits per heavy atom. The molecular weight excluding hydrogens is 182 g/mol. The second kappa shape index (κ2) is 4.95. The van der Waals surface area contributed by atoms with E-state index in [2.05, 4.69) is 5.32 Å². The van der Waals surface area contributed by atoms with Crippen LogP contribution in [0, 0.1) is 5.92 Å². The van der Waals surface area contributed by atoms with E-state index >= 15 is 0 Å². The van der Waals surface area contributed by atoms with Gasteiger partial charge in [-0.15, -0.1) is 0 Å². The van der Waals surface area contributed by atoms with Crippen molar-refractivity contribution in [2.45, 2.75) is 13.3 Å². The molecule has 1 fully saturated rings. The molecule has 1 aliphatic heterocycles. The fraction of sp³-hybridized carbons (Fsp3) is 0.778. The Labute approximate surface area is 83.6 Å². The normalized spacial score (nSPS) is 20.4. The molecule has 1 saturated heterocycles. The van der Waals surface area contributed by atoms with Gasteiger partial charge in [0.25, 0.3) is 0 Å². The highest BCUT2D eigenvalue weighted by Crippen LogP contribution is 2.03. The minimum atomic E-state index is -0.352. The zero-order valence-electron chi connectivity index (χ0n) is 8.45. The standard InChI is InChI=1S/C9H17N3O2/c1-7(9(10)14)6-12-5-4-11-3-2-8(12)13/h7,11H,2-6H2,1H3,(H2,10,14). The van der Waals surface area contributed by atoms with Gasteiger partial charge in [0.1, 0.15) is 0 Å². The van der Waals surface area contributed by atoms with Crippen LogP contribution < -0.4 is 11.1 Å². The fourth-order valence-electron chi connectivity index (χ4n) is 1.43. The molecule has 0 saturated carbocycles. The Bertz CT molecular complexity index is 230. The van der Waals surface area contributed by atoms with Gasteiger partial charge < -0.3 is 16.0 Å². The zero-order valence-corrected chi connectivity index (χ0v) is 8.45. The third-order valence-corrected chi connectivity index (χ3v) is 2.41. The first kappa shape index (κ1) is 11.0. The van der Waals surface area contributed by atoms with Crippen LogP contribution in [0.3, 0.4) is 0 Å². The second-order valence-corrected chi connectivity index (χ2v) is 3.64. The van der Waals surface area contributed by atoms with Crippen LogP contribution in [-0.4, -0.2) is 42.9 Å². The summed E-state index contributed by atoms with van der Waals surface area (Å²) in [7, 11) is 0. The van der Waals surface area contributed by atoms with Gasteiger partial charge >= 0.3 is 0 Å². The van der Waals surface area contributed by atoms with Gasteiger partial charge in [-0.2, -0.15) is 0 Å². The number of nitrogens with two attached hydrogens (primary N) is 1. The molecule has 80 valence electrons. The van der Waals surface area contributed by atoms with Gasteiger partial charge in [0.15, 0.2) is 0 Å². The molecule has 0 aromatic rings. The third-order valence-electron chi connectivity index (χ3n) is 2.41. The van der Waals surface area contributed by atoms with Crippen molar-refractivity contribution in [2.75, 3.05) is 26.2 Å². The second-order valence-electron chi connectivity index (χ2n) is 3.64. The van der Waals surface area contributed by atoms with E-state index in [4.69, 9.17) is 5.73 Å². The number of primary amides is 1. The van der Waals surface area contributed by atoms with Gasteiger partial charge in [-0.1, -0.05) is 6.92 Å². The maximum absolute atomic E-state index is 11.5. The van der Waals surface area contributed by atoms with E-state index in [-0.39, 0.29) is 17.7 Å². The molecule has 1 unspecified atom stereocenters. The minimum absolute atomic E-state index is 0.100. The van der Waals surface area contributed by atoms with Crippen molar-refractivity contribution in [1.29, 1.82) is 0 Å². The fourth-order valence-corrected chi connectivity index (χ4v) is 1.43. The third kappa shape index (κ3) is 2.99. The molecule has 0 aliphatic carbocycles. The molecule has 1 rings (SSSR count). The maximum atomic E-state index is 11.5. The Morgan fingerprint density at radius 1 is 1.64 bits per heavy atom. The first-order valence-electron chi connectivity index (χ1n) is 4.89. The van der Waals surface area contributed by atoms with E-state index in [0.29, 0.717) is 19.5 Å². The number of carbonyl (C=O) groups is 2. The SMILES string of the molecule is CC(CN1CCNCCC1=O)C(N)=O. The van der Waals surface area contributed by atoms with Crippen LogP contribution in [0.4, 0.5) is 0 Å². The predicted molar refractivity (Wildman–Crippen MR) is 52.4 cm³/mol. The largest absolute Gasteiger partial charge is 0.369 e. The first-order valence-corrected chi connectivity index (χ1v) is 4.89. The van der Waals surface area contributed by atoms with Crippen LogP contribution in [0.1, 0.15) is 13.3 Å². The minimum Gasteiger partial charge on any atom is -0.369 e. The van der Waals surface area contributed by atoms with Crippen LogP contribution in [0.5, 0.6) is 0 Å². The van der Waals surface area contributed by atoms with Gasteiger partial charge in [0, 0.05) is 32.6 Å². The summed E-state index contributed by atoms with van der Waals surface area (Å²) >= 11 is 0. The predicted octanol–water partition coefficient (Wildman–Crippen LogP) is -1.07. The molecule has 0 aromatic carbocycles. The lowest BCUT2D eigenvalue weighted by molar-refractivity contribution is -0.132. The van der Waals surface area contributed by atoms with E-state index in [1.165, 1.54) is 0 Å². The van der Waals surface area contributed by atoms with Gasteiger partial charge in [0.2, 0.25) is 11.8 Å². The van der Waals surface area contributed by atoms with E-state index in [1.807, 2.05) is 0 Å². The van der Waals surface area contributed by atoms with Crippen molar-refractivity contribution in [3.63, 3.8) is 0 Å². The highest BCUT2D eigenvalue weighted by molar-refractivity contribution is 5.79. The van der Waals surface area contributed by atoms with E-state index in [9.17, 15) is 9.59 Å². The average molecular weight is 199 g/mol. The summed E-state index contributed by atoms with van der Waals surface area (Å²) in [5.41, 5.74) is 5.15. The summed E-state index contributed by atoms with van der Waals surface area (Å²) in [4.78, 5) is 24.0. The number of nitrogens with zero attached hydrogens (tertiary/aromatic N) is 1. The summed E-state index contributed by atoms with van der Waals surface area (Å²) in [6, 6.07) is 0. The molecule has 5 heteroatoms. The van der Waals surface area contributed by atoms with Crippen LogP contribution in [-0.2, 0) is 9.59 Å². The first-order chi connectivity index (χ1) is 6.61. The monoisotopic (exact) mass is 199 g/mol. The molecule has 3 N–H and O–H groups in total. The lowest BCUT2D eigenvalue weighted by Crippen LogP contribution is -2.39. The highest BCUT2D eigenvalue weighted by Gasteiger charge is 2.20. The molecule has 0 aromatic heterocycles. The maximum Gasteiger partial charge on any atom is 0.223 e. The van der Waals surface area contributed by atoms with Gasteiger partial charge in [-0.3, -0.25) is 9.59 Å². The smallest absolute Gasteiger partial charge is 0.223 e. The van der Waals surface area contributed by atoms with Crippen LogP contribution in [0.2, 0.25) is 0 Å². The Morgan fingerprint density at radius 2 is 2.36 bits per heavy atom. The molecule has 1 heterocycles. The summed E-state index contributed by atoms with van der Waals surface area (Å²) < 4.78 is 0. The number of nitrogens with one attached hydrogen (secondary N) is 1. The zero-order chi connectivity index (χ0) is 10.6. The van der Waals surface area contributed by atoms with Crippen molar-refractivity contribution < 1.29 is 9.59 Å². The summed E-state index contributed by atoms with van der Waals surface area (Å²) in [5, 5.41) is 3.13. The number of hydrogen-bond acceptors (Lipinski definition) is 3. The van der Waals surface area contributed by atoms with E-state index in [0.717, 1.165) is 13.1 Å². The van der Waals surface area contributed by atoms with Gasteiger partial charge in [-0.05, 0) is 0 Å². The molecule has 0 bridgehead atoms. The topological polar surface area (TPSA) is 75.4 Å². The highest BCUT2D eigenvalue weighted by atomic mass is 16.2. The number of rotatable bonds is 3. The molecule has 0 radical (unpaired) electrons. The number of amides is 2. The number of hydrogen-bond donors (Lipinski definition) is 2. The summed E-state index contributed by atoms with van der Waals surface area (Å²) in [6.07, 6.45) is 0.505. The molecule has 1 atom stereocenters. The molecule has 5 nitrogen and oxygen atoms in total. The van der Waals surface area contributed by atoms with Crippen LogP contribution >= 0.6 is 0 Å². The Hall–Kier alpha value is -1.10. The Balaban J connectivity index is 2.48. The average Bonchev–Trinajstić information content (AvgIpc) is 2.32. The van der Waals surface area contributed by atoms with E-state index in [1.54, 1.807) is 11.8 Å². The molecule has 1 aliphatic rings. The van der Waals surface area contributed by atoms with Gasteiger partial charge in [0.05, 0.1) is 5.92 Å². The molecule has 0 spiro atoms. The Kier molecular flexibility index (Phi) is 3.88. The van der Waals surface area contributed by atoms with Crippen molar-refractivity contribution >= 4 is 11.8 Å². The molecular formula is C9H17N3O2. The van der Waals surface area contributed by atoms with Gasteiger partial charge in [-0.25, -0.2) is 0 Å². The van der Waals surface area contributed by atoms with Crippen molar-refractivity contribution in [2.24, 2.45) is 11.7 Å². The molecule has 2 amide bonds. The van der Waals surface area contributed by atoms with Crippen molar-refractivity contribution in [3.8, 4) is 0 Å². The summed E-state index contributed by atoms with van der Waals surface area (Å²) in [6.45, 7) is 4.36. The number of carbonyl (C=O) groups excluding carboxylic acids is 2.